The molecule has 0 unspecified atom stereocenters. The van der Waals surface area contributed by atoms with E-state index in [1.165, 1.54) is 11.0 Å². The molecule has 2 saturated carbocycles. The Labute approximate surface area is 191 Å². The third kappa shape index (κ3) is 3.38. The molecule has 9 nitrogen and oxygen atoms in total. The summed E-state index contributed by atoms with van der Waals surface area (Å²) in [5.41, 5.74) is 7.76. The molecular formula is C22H28ClN7O2. The third-order valence-electron chi connectivity index (χ3n) is 7.14. The van der Waals surface area contributed by atoms with E-state index in [0.717, 1.165) is 24.1 Å². The molecule has 5 rings (SSSR count). The summed E-state index contributed by atoms with van der Waals surface area (Å²) in [5, 5.41) is 14.8. The first-order chi connectivity index (χ1) is 15.1. The lowest BCUT2D eigenvalue weighted by molar-refractivity contribution is -0.143. The number of carbonyl (C=O) groups excluding carboxylic acids is 2. The first-order valence-corrected chi connectivity index (χ1v) is 11.3. The smallest absolute Gasteiger partial charge is 0.243 e. The number of aromatic nitrogens is 4. The average Bonchev–Trinajstić information content (AvgIpc) is 3.29. The van der Waals surface area contributed by atoms with Crippen molar-refractivity contribution in [3.8, 4) is 5.69 Å². The van der Waals surface area contributed by atoms with Gasteiger partial charge in [0.25, 0.3) is 0 Å². The molecule has 2 amide bonds. The van der Waals surface area contributed by atoms with Gasteiger partial charge in [-0.2, -0.15) is 0 Å². The molecule has 1 saturated heterocycles. The topological polar surface area (TPSA) is 119 Å². The Hall–Kier alpha value is -2.52. The molecule has 2 aromatic rings. The van der Waals surface area contributed by atoms with Gasteiger partial charge in [0.15, 0.2) is 0 Å². The van der Waals surface area contributed by atoms with Crippen LogP contribution in [0.4, 0.5) is 0 Å². The molecule has 3 fully saturated rings. The number of rotatable bonds is 6. The second kappa shape index (κ2) is 6.99. The summed E-state index contributed by atoms with van der Waals surface area (Å²) in [4.78, 5) is 28.4. The maximum absolute atomic E-state index is 13.3. The molecule has 0 bridgehead atoms. The zero-order valence-electron chi connectivity index (χ0n) is 18.5. The zero-order valence-corrected chi connectivity index (χ0v) is 19.3. The molecule has 2 aliphatic carbocycles. The van der Waals surface area contributed by atoms with E-state index in [0.29, 0.717) is 17.9 Å². The maximum Gasteiger partial charge on any atom is 0.243 e. The number of benzene rings is 1. The predicted octanol–water partition coefficient (Wildman–Crippen LogP) is 1.83. The van der Waals surface area contributed by atoms with Crippen LogP contribution in [-0.2, 0) is 16.1 Å². The number of nitrogens with two attached hydrogens (primary N) is 1. The van der Waals surface area contributed by atoms with Crippen LogP contribution in [0.25, 0.3) is 5.69 Å². The largest absolute Gasteiger partial charge is 0.350 e. The summed E-state index contributed by atoms with van der Waals surface area (Å²) in [6, 6.07) is 4.25. The molecule has 3 N–H and O–H groups in total. The van der Waals surface area contributed by atoms with E-state index in [4.69, 9.17) is 17.3 Å². The third-order valence-corrected chi connectivity index (χ3v) is 7.37. The Kier molecular flexibility index (Phi) is 4.66. The zero-order chi connectivity index (χ0) is 22.9. The van der Waals surface area contributed by atoms with Crippen molar-refractivity contribution >= 4 is 23.4 Å². The van der Waals surface area contributed by atoms with Crippen LogP contribution >= 0.6 is 11.6 Å². The van der Waals surface area contributed by atoms with Gasteiger partial charge in [-0.05, 0) is 65.3 Å². The number of hydrogen-bond donors (Lipinski definition) is 2. The maximum atomic E-state index is 13.3. The highest BCUT2D eigenvalue weighted by atomic mass is 35.5. The number of amides is 2. The summed E-state index contributed by atoms with van der Waals surface area (Å²) >= 11 is 6.18. The first-order valence-electron chi connectivity index (χ1n) is 10.9. The monoisotopic (exact) mass is 457 g/mol. The minimum Gasteiger partial charge on any atom is -0.350 e. The fourth-order valence-corrected chi connectivity index (χ4v) is 5.69. The van der Waals surface area contributed by atoms with E-state index in [1.54, 1.807) is 18.2 Å². The molecule has 0 spiro atoms. The van der Waals surface area contributed by atoms with Gasteiger partial charge in [-0.15, -0.1) is 5.10 Å². The number of halogens is 1. The number of carbonyl (C=O) groups is 2. The quantitative estimate of drug-likeness (QED) is 0.683. The predicted molar refractivity (Wildman–Crippen MR) is 118 cm³/mol. The van der Waals surface area contributed by atoms with Gasteiger partial charge in [0, 0.05) is 17.0 Å². The standard InChI is InChI=1S/C22H28ClN7O2/c1-20(2,3)7-15(24)19(32)30-17(8-21-10-22(21,30)11-21)18(31)25-9-13-6-14(23)4-5-16(13)29-12-26-27-28-29/h4-6,12,15,17H,7-11,24H2,1-3H3,(H,25,31)/t15-,17+,21?,22?/m1/s1. The Balaban J connectivity index is 1.31. The van der Waals surface area contributed by atoms with Crippen molar-refractivity contribution in [3.63, 3.8) is 0 Å². The first kappa shape index (κ1) is 21.3. The lowest BCUT2D eigenvalue weighted by Crippen LogP contribution is -2.56. The molecular weight excluding hydrogens is 430 g/mol. The molecule has 1 aromatic carbocycles. The Morgan fingerprint density at radius 1 is 1.34 bits per heavy atom. The normalized spacial score (nSPS) is 28.7. The van der Waals surface area contributed by atoms with Crippen LogP contribution < -0.4 is 11.1 Å². The summed E-state index contributed by atoms with van der Waals surface area (Å²) in [6.45, 7) is 6.45. The number of piperidine rings is 2. The Bertz CT molecular complexity index is 1070. The van der Waals surface area contributed by atoms with Crippen molar-refractivity contribution < 1.29 is 9.59 Å². The summed E-state index contributed by atoms with van der Waals surface area (Å²) in [5.74, 6) is -0.260. The molecule has 3 aliphatic rings. The van der Waals surface area contributed by atoms with Gasteiger partial charge < -0.3 is 16.0 Å². The Morgan fingerprint density at radius 3 is 2.75 bits per heavy atom. The molecule has 32 heavy (non-hydrogen) atoms. The average molecular weight is 458 g/mol. The molecule has 0 radical (unpaired) electrons. The van der Waals surface area contributed by atoms with Gasteiger partial charge in [0.05, 0.1) is 17.3 Å². The van der Waals surface area contributed by atoms with Crippen LogP contribution in [-0.4, -0.2) is 54.5 Å². The molecule has 2 atom stereocenters. The van der Waals surface area contributed by atoms with Crippen LogP contribution in [0, 0.1) is 10.8 Å². The van der Waals surface area contributed by atoms with Crippen molar-refractivity contribution in [2.45, 2.75) is 70.6 Å². The molecule has 170 valence electrons. The summed E-state index contributed by atoms with van der Waals surface area (Å²) in [7, 11) is 0. The number of nitrogens with zero attached hydrogens (tertiary/aromatic N) is 5. The second-order valence-corrected chi connectivity index (χ2v) is 11.1. The SMILES string of the molecule is CC(C)(C)C[C@@H](N)C(=O)N1[C@H](C(=O)NCc2cc(Cl)ccc2-n2cnnn2)CC23CC12C3. The highest BCUT2D eigenvalue weighted by molar-refractivity contribution is 6.30. The minimum atomic E-state index is -0.601. The van der Waals surface area contributed by atoms with Gasteiger partial charge in [0.1, 0.15) is 12.4 Å². The number of tetrazole rings is 1. The van der Waals surface area contributed by atoms with Crippen LogP contribution in [0.2, 0.25) is 5.02 Å². The lowest BCUT2D eigenvalue weighted by Gasteiger charge is -2.36. The molecule has 1 aliphatic heterocycles. The Morgan fingerprint density at radius 2 is 2.09 bits per heavy atom. The van der Waals surface area contributed by atoms with E-state index >= 15 is 0 Å². The number of likely N-dealkylation sites (tertiary alicyclic amines) is 1. The van der Waals surface area contributed by atoms with Crippen molar-refractivity contribution in [2.24, 2.45) is 16.6 Å². The number of nitrogens with one attached hydrogen (secondary N) is 1. The van der Waals surface area contributed by atoms with Gasteiger partial charge in [-0.1, -0.05) is 32.4 Å². The highest BCUT2D eigenvalue weighted by Crippen LogP contribution is 2.87. The highest BCUT2D eigenvalue weighted by Gasteiger charge is 2.91. The van der Waals surface area contributed by atoms with E-state index in [1.807, 2.05) is 4.90 Å². The van der Waals surface area contributed by atoms with Crippen molar-refractivity contribution in [1.82, 2.24) is 30.4 Å². The van der Waals surface area contributed by atoms with Gasteiger partial charge in [-0.25, -0.2) is 4.68 Å². The number of hydrogen-bond acceptors (Lipinski definition) is 6. The second-order valence-electron chi connectivity index (χ2n) is 10.7. The van der Waals surface area contributed by atoms with Crippen molar-refractivity contribution in [3.05, 3.63) is 35.1 Å². The van der Waals surface area contributed by atoms with Crippen LogP contribution in [0.3, 0.4) is 0 Å². The van der Waals surface area contributed by atoms with E-state index < -0.39 is 12.1 Å². The molecule has 10 heteroatoms. The lowest BCUT2D eigenvalue weighted by atomic mass is 9.87. The fourth-order valence-electron chi connectivity index (χ4n) is 5.49. The van der Waals surface area contributed by atoms with Gasteiger partial charge in [-0.3, -0.25) is 9.59 Å². The summed E-state index contributed by atoms with van der Waals surface area (Å²) < 4.78 is 1.52. The van der Waals surface area contributed by atoms with Crippen molar-refractivity contribution in [1.29, 1.82) is 0 Å². The fraction of sp³-hybridized carbons (Fsp3) is 0.591. The van der Waals surface area contributed by atoms with Gasteiger partial charge in [0.2, 0.25) is 11.8 Å². The van der Waals surface area contributed by atoms with Crippen molar-refractivity contribution in [2.75, 3.05) is 0 Å². The van der Waals surface area contributed by atoms with Gasteiger partial charge >= 0.3 is 0 Å². The summed E-state index contributed by atoms with van der Waals surface area (Å²) in [6.07, 6.45) is 4.77. The van der Waals surface area contributed by atoms with Crippen LogP contribution in [0.5, 0.6) is 0 Å². The molecule has 2 heterocycles. The minimum absolute atomic E-state index is 0.0619. The molecule has 1 aromatic heterocycles. The van der Waals surface area contributed by atoms with E-state index in [-0.39, 0.29) is 34.7 Å². The van der Waals surface area contributed by atoms with Crippen LogP contribution in [0.1, 0.15) is 52.0 Å². The van der Waals surface area contributed by atoms with E-state index in [2.05, 4.69) is 41.6 Å². The van der Waals surface area contributed by atoms with Crippen LogP contribution in [0.15, 0.2) is 24.5 Å². The van der Waals surface area contributed by atoms with E-state index in [9.17, 15) is 9.59 Å².